The minimum Gasteiger partial charge on any atom is -0.341 e. The van der Waals surface area contributed by atoms with E-state index in [1.54, 1.807) is 4.90 Å². The highest BCUT2D eigenvalue weighted by Crippen LogP contribution is 2.14. The van der Waals surface area contributed by atoms with Crippen molar-refractivity contribution in [3.8, 4) is 0 Å². The van der Waals surface area contributed by atoms with Gasteiger partial charge in [0.1, 0.15) is 6.04 Å². The van der Waals surface area contributed by atoms with E-state index in [-0.39, 0.29) is 11.8 Å². The molecule has 1 aliphatic heterocycles. The van der Waals surface area contributed by atoms with Crippen LogP contribution in [0, 0.1) is 0 Å². The quantitative estimate of drug-likeness (QED) is 0.908. The van der Waals surface area contributed by atoms with E-state index >= 15 is 0 Å². The monoisotopic (exact) mass is 289 g/mol. The topological polar surface area (TPSA) is 66.6 Å². The molecule has 0 bridgehead atoms. The van der Waals surface area contributed by atoms with Crippen molar-refractivity contribution in [1.82, 2.24) is 9.80 Å². The molecule has 1 fully saturated rings. The van der Waals surface area contributed by atoms with Crippen LogP contribution in [0.2, 0.25) is 0 Å². The van der Waals surface area contributed by atoms with E-state index in [4.69, 9.17) is 5.73 Å². The predicted octanol–water partition coefficient (Wildman–Crippen LogP) is 1.16. The number of amides is 2. The average molecular weight is 289 g/mol. The molecule has 2 rings (SSSR count). The molecule has 1 heterocycles. The van der Waals surface area contributed by atoms with Crippen molar-refractivity contribution in [2.24, 2.45) is 5.73 Å². The minimum absolute atomic E-state index is 0.0630. The van der Waals surface area contributed by atoms with E-state index < -0.39 is 6.04 Å². The second-order valence-electron chi connectivity index (χ2n) is 5.30. The maximum atomic E-state index is 12.5. The lowest BCUT2D eigenvalue weighted by Crippen LogP contribution is -2.41. The van der Waals surface area contributed by atoms with Gasteiger partial charge in [0.15, 0.2) is 0 Å². The van der Waals surface area contributed by atoms with Crippen LogP contribution in [0.15, 0.2) is 30.3 Å². The van der Waals surface area contributed by atoms with Gasteiger partial charge in [0.25, 0.3) is 0 Å². The first-order chi connectivity index (χ1) is 10.1. The molecule has 0 aromatic heterocycles. The maximum absolute atomic E-state index is 12.5. The zero-order chi connectivity index (χ0) is 15.2. The highest BCUT2D eigenvalue weighted by atomic mass is 16.2. The van der Waals surface area contributed by atoms with Gasteiger partial charge >= 0.3 is 0 Å². The molecule has 1 aromatic carbocycles. The molecule has 1 aromatic rings. The molecule has 2 amide bonds. The molecule has 1 saturated heterocycles. The van der Waals surface area contributed by atoms with Crippen LogP contribution in [0.5, 0.6) is 0 Å². The fraction of sp³-hybridized carbons (Fsp3) is 0.500. The lowest BCUT2D eigenvalue weighted by molar-refractivity contribution is -0.134. The van der Waals surface area contributed by atoms with Gasteiger partial charge in [-0.15, -0.1) is 0 Å². The Balaban J connectivity index is 1.99. The predicted molar refractivity (Wildman–Crippen MR) is 81.4 cm³/mol. The van der Waals surface area contributed by atoms with Gasteiger partial charge < -0.3 is 15.5 Å². The van der Waals surface area contributed by atoms with Gasteiger partial charge in [-0.2, -0.15) is 0 Å². The third-order valence-corrected chi connectivity index (χ3v) is 3.89. The van der Waals surface area contributed by atoms with Gasteiger partial charge in [0.05, 0.1) is 0 Å². The van der Waals surface area contributed by atoms with Crippen LogP contribution in [0.1, 0.15) is 31.4 Å². The summed E-state index contributed by atoms with van der Waals surface area (Å²) in [5, 5.41) is 0. The summed E-state index contributed by atoms with van der Waals surface area (Å²) in [5.74, 6) is 0.0867. The summed E-state index contributed by atoms with van der Waals surface area (Å²) in [6, 6.07) is 8.78. The molecule has 114 valence electrons. The van der Waals surface area contributed by atoms with Gasteiger partial charge in [-0.05, 0) is 12.0 Å². The number of rotatable bonds is 3. The molecule has 5 heteroatoms. The van der Waals surface area contributed by atoms with Crippen molar-refractivity contribution in [1.29, 1.82) is 0 Å². The van der Waals surface area contributed by atoms with Crippen molar-refractivity contribution in [3.63, 3.8) is 0 Å². The molecule has 0 unspecified atom stereocenters. The van der Waals surface area contributed by atoms with Crippen LogP contribution in [0.4, 0.5) is 0 Å². The highest BCUT2D eigenvalue weighted by molar-refractivity contribution is 5.83. The Kier molecular flexibility index (Phi) is 5.33. The summed E-state index contributed by atoms with van der Waals surface area (Å²) >= 11 is 0. The van der Waals surface area contributed by atoms with Gasteiger partial charge in [0, 0.05) is 32.6 Å². The Labute approximate surface area is 125 Å². The Bertz CT molecular complexity index is 490. The lowest BCUT2D eigenvalue weighted by atomic mass is 10.1. The molecule has 0 saturated carbocycles. The van der Waals surface area contributed by atoms with E-state index in [0.717, 1.165) is 18.5 Å². The SMILES string of the molecule is CCC(=O)N1CCCN(C(=O)[C@@H](N)c2ccccc2)CC1. The number of carbonyl (C=O) groups excluding carboxylic acids is 2. The van der Waals surface area contributed by atoms with Crippen molar-refractivity contribution in [2.45, 2.75) is 25.8 Å². The van der Waals surface area contributed by atoms with Gasteiger partial charge in [0.2, 0.25) is 11.8 Å². The van der Waals surface area contributed by atoms with E-state index in [9.17, 15) is 9.59 Å². The number of nitrogens with two attached hydrogens (primary N) is 1. The number of nitrogens with zero attached hydrogens (tertiary/aromatic N) is 2. The Morgan fingerprint density at radius 3 is 2.38 bits per heavy atom. The summed E-state index contributed by atoms with van der Waals surface area (Å²) < 4.78 is 0. The number of hydrogen-bond acceptors (Lipinski definition) is 3. The summed E-state index contributed by atoms with van der Waals surface area (Å²) in [6.45, 7) is 4.40. The molecule has 1 atom stereocenters. The zero-order valence-electron chi connectivity index (χ0n) is 12.5. The standard InChI is InChI=1S/C16H23N3O2/c1-2-14(20)18-9-6-10-19(12-11-18)16(21)15(17)13-7-4-3-5-8-13/h3-5,7-8,15H,2,6,9-12,17H2,1H3/t15-/m0/s1. The lowest BCUT2D eigenvalue weighted by Gasteiger charge is -2.24. The third-order valence-electron chi connectivity index (χ3n) is 3.89. The molecule has 5 nitrogen and oxygen atoms in total. The van der Waals surface area contributed by atoms with Gasteiger partial charge in [-0.3, -0.25) is 9.59 Å². The van der Waals surface area contributed by atoms with E-state index in [0.29, 0.717) is 26.1 Å². The molecular formula is C16H23N3O2. The van der Waals surface area contributed by atoms with Crippen molar-refractivity contribution < 1.29 is 9.59 Å². The molecule has 0 aliphatic carbocycles. The fourth-order valence-electron chi connectivity index (χ4n) is 2.61. The summed E-state index contributed by atoms with van der Waals surface area (Å²) in [4.78, 5) is 27.9. The average Bonchev–Trinajstić information content (AvgIpc) is 2.79. The number of benzene rings is 1. The minimum atomic E-state index is -0.625. The second kappa shape index (κ2) is 7.22. The van der Waals surface area contributed by atoms with Crippen molar-refractivity contribution >= 4 is 11.8 Å². The van der Waals surface area contributed by atoms with E-state index in [1.165, 1.54) is 0 Å². The largest absolute Gasteiger partial charge is 0.341 e. The first-order valence-electron chi connectivity index (χ1n) is 7.50. The van der Waals surface area contributed by atoms with Crippen molar-refractivity contribution in [3.05, 3.63) is 35.9 Å². The Morgan fingerprint density at radius 2 is 1.71 bits per heavy atom. The summed E-state index contributed by atoms with van der Waals surface area (Å²) in [6.07, 6.45) is 1.32. The molecule has 2 N–H and O–H groups in total. The smallest absolute Gasteiger partial charge is 0.244 e. The second-order valence-corrected chi connectivity index (χ2v) is 5.30. The van der Waals surface area contributed by atoms with Gasteiger partial charge in [-0.25, -0.2) is 0 Å². The van der Waals surface area contributed by atoms with Crippen LogP contribution >= 0.6 is 0 Å². The number of hydrogen-bond donors (Lipinski definition) is 1. The zero-order valence-corrected chi connectivity index (χ0v) is 12.5. The number of carbonyl (C=O) groups is 2. The molecule has 0 spiro atoms. The summed E-state index contributed by atoms with van der Waals surface area (Å²) in [5.41, 5.74) is 6.90. The molecule has 1 aliphatic rings. The summed E-state index contributed by atoms with van der Waals surface area (Å²) in [7, 11) is 0. The van der Waals surface area contributed by atoms with Crippen LogP contribution < -0.4 is 5.73 Å². The molecule has 21 heavy (non-hydrogen) atoms. The first kappa shape index (κ1) is 15.5. The Hall–Kier alpha value is -1.88. The van der Waals surface area contributed by atoms with Crippen LogP contribution in [0.25, 0.3) is 0 Å². The Morgan fingerprint density at radius 1 is 1.10 bits per heavy atom. The van der Waals surface area contributed by atoms with Crippen LogP contribution in [-0.4, -0.2) is 47.8 Å². The molecular weight excluding hydrogens is 266 g/mol. The van der Waals surface area contributed by atoms with Crippen LogP contribution in [0.3, 0.4) is 0 Å². The normalized spacial score (nSPS) is 17.2. The van der Waals surface area contributed by atoms with Crippen LogP contribution in [-0.2, 0) is 9.59 Å². The maximum Gasteiger partial charge on any atom is 0.244 e. The first-order valence-corrected chi connectivity index (χ1v) is 7.50. The van der Waals surface area contributed by atoms with Gasteiger partial charge in [-0.1, -0.05) is 37.3 Å². The third kappa shape index (κ3) is 3.82. The molecule has 0 radical (unpaired) electrons. The highest BCUT2D eigenvalue weighted by Gasteiger charge is 2.25. The fourth-order valence-corrected chi connectivity index (χ4v) is 2.61. The van der Waals surface area contributed by atoms with Crippen molar-refractivity contribution in [2.75, 3.05) is 26.2 Å². The van der Waals surface area contributed by atoms with E-state index in [1.807, 2.05) is 42.2 Å². The van der Waals surface area contributed by atoms with E-state index in [2.05, 4.69) is 0 Å².